The maximum Gasteiger partial charge on any atom is 0.286 e. The van der Waals surface area contributed by atoms with Gasteiger partial charge in [0.15, 0.2) is 6.79 Å². The molecule has 4 saturated carbocycles. The lowest BCUT2D eigenvalue weighted by Gasteiger charge is -2.56. The third kappa shape index (κ3) is 2.50. The zero-order valence-electron chi connectivity index (χ0n) is 13.9. The van der Waals surface area contributed by atoms with Crippen molar-refractivity contribution in [2.45, 2.75) is 44.6 Å². The zero-order chi connectivity index (χ0) is 16.2. The Kier molecular flexibility index (Phi) is 3.68. The summed E-state index contributed by atoms with van der Waals surface area (Å²) in [6.07, 6.45) is 7.97. The highest BCUT2D eigenvalue weighted by atomic mass is 31.2. The van der Waals surface area contributed by atoms with Gasteiger partial charge in [-0.3, -0.25) is 4.57 Å². The van der Waals surface area contributed by atoms with E-state index in [0.717, 1.165) is 17.8 Å². The molecule has 4 nitrogen and oxygen atoms in total. The molecule has 1 aromatic carbocycles. The number of ether oxygens (including phenoxy) is 2. The van der Waals surface area contributed by atoms with Gasteiger partial charge in [0.25, 0.3) is 7.37 Å². The average Bonchev–Trinajstić information content (AvgIpc) is 2.51. The van der Waals surface area contributed by atoms with E-state index in [-0.39, 0.29) is 12.2 Å². The Morgan fingerprint density at radius 1 is 1.00 bits per heavy atom. The molecule has 5 fully saturated rings. The van der Waals surface area contributed by atoms with Gasteiger partial charge < -0.3 is 14.0 Å². The molecule has 0 aromatic heterocycles. The van der Waals surface area contributed by atoms with Gasteiger partial charge in [-0.25, -0.2) is 0 Å². The number of rotatable bonds is 5. The maximum absolute atomic E-state index is 13.6. The second kappa shape index (κ2) is 5.67. The van der Waals surface area contributed by atoms with Crippen LogP contribution in [0.15, 0.2) is 30.3 Å². The monoisotopic (exact) mass is 348 g/mol. The van der Waals surface area contributed by atoms with Gasteiger partial charge in [-0.1, -0.05) is 18.2 Å². The van der Waals surface area contributed by atoms with Crippen molar-refractivity contribution < 1.29 is 18.6 Å². The SMILES string of the molecule is O=P(OCC12CC3CC(CC(C3)C1)C2)(c1ccccc1)C1OCO1. The Labute approximate surface area is 143 Å². The van der Waals surface area contributed by atoms with Crippen LogP contribution in [0, 0.1) is 23.2 Å². The predicted molar refractivity (Wildman–Crippen MR) is 91.1 cm³/mol. The van der Waals surface area contributed by atoms with Crippen LogP contribution < -0.4 is 5.30 Å². The topological polar surface area (TPSA) is 44.8 Å². The third-order valence-corrected chi connectivity index (χ3v) is 8.93. The molecule has 4 bridgehead atoms. The highest BCUT2D eigenvalue weighted by Gasteiger charge is 2.53. The fourth-order valence-electron chi connectivity index (χ4n) is 5.92. The van der Waals surface area contributed by atoms with E-state index in [0.29, 0.717) is 11.9 Å². The molecule has 24 heavy (non-hydrogen) atoms. The number of benzene rings is 1. The smallest absolute Gasteiger partial charge is 0.286 e. The first-order valence-corrected chi connectivity index (χ1v) is 10.9. The van der Waals surface area contributed by atoms with Gasteiger partial charge in [-0.2, -0.15) is 0 Å². The molecule has 1 unspecified atom stereocenters. The van der Waals surface area contributed by atoms with Crippen molar-refractivity contribution >= 4 is 12.7 Å². The van der Waals surface area contributed by atoms with Gasteiger partial charge in [0, 0.05) is 5.30 Å². The first-order chi connectivity index (χ1) is 11.7. The van der Waals surface area contributed by atoms with Gasteiger partial charge >= 0.3 is 0 Å². The van der Waals surface area contributed by atoms with Gasteiger partial charge in [0.05, 0.1) is 6.61 Å². The van der Waals surface area contributed by atoms with E-state index in [1.807, 2.05) is 30.3 Å². The van der Waals surface area contributed by atoms with Crippen LogP contribution >= 0.6 is 7.37 Å². The van der Waals surface area contributed by atoms with E-state index in [4.69, 9.17) is 14.0 Å². The summed E-state index contributed by atoms with van der Waals surface area (Å²) in [5.41, 5.74) is 0.239. The molecule has 1 aromatic rings. The summed E-state index contributed by atoms with van der Waals surface area (Å²) < 4.78 is 30.7. The average molecular weight is 348 g/mol. The Balaban J connectivity index is 1.38. The van der Waals surface area contributed by atoms with Crippen LogP contribution in [-0.4, -0.2) is 19.4 Å². The molecular formula is C19H25O4P. The minimum atomic E-state index is -3.14. The molecule has 1 atom stereocenters. The highest BCUT2D eigenvalue weighted by molar-refractivity contribution is 7.67. The zero-order valence-corrected chi connectivity index (χ0v) is 14.8. The molecule has 1 aliphatic heterocycles. The maximum atomic E-state index is 13.6. The molecule has 0 radical (unpaired) electrons. The van der Waals surface area contributed by atoms with Crippen LogP contribution in [0.4, 0.5) is 0 Å². The van der Waals surface area contributed by atoms with E-state index in [1.165, 1.54) is 38.5 Å². The van der Waals surface area contributed by atoms with E-state index in [2.05, 4.69) is 0 Å². The van der Waals surface area contributed by atoms with E-state index in [9.17, 15) is 4.57 Å². The summed E-state index contributed by atoms with van der Waals surface area (Å²) in [6.45, 7) is 0.800. The number of hydrogen-bond donors (Lipinski definition) is 0. The lowest BCUT2D eigenvalue weighted by atomic mass is 9.50. The van der Waals surface area contributed by atoms with Crippen molar-refractivity contribution in [2.75, 3.05) is 13.4 Å². The summed E-state index contributed by atoms with van der Waals surface area (Å²) in [7, 11) is -3.14. The van der Waals surface area contributed by atoms with Crippen molar-refractivity contribution in [3.63, 3.8) is 0 Å². The lowest BCUT2D eigenvalue weighted by molar-refractivity contribution is -0.281. The fourth-order valence-corrected chi connectivity index (χ4v) is 8.00. The van der Waals surface area contributed by atoms with Crippen molar-refractivity contribution in [1.82, 2.24) is 0 Å². The van der Waals surface area contributed by atoms with Gasteiger partial charge in [0.2, 0.25) is 6.03 Å². The van der Waals surface area contributed by atoms with Crippen LogP contribution in [0.3, 0.4) is 0 Å². The minimum absolute atomic E-state index is 0.211. The Hall–Kier alpha value is -0.670. The van der Waals surface area contributed by atoms with E-state index >= 15 is 0 Å². The molecular weight excluding hydrogens is 323 g/mol. The lowest BCUT2D eigenvalue weighted by Crippen LogP contribution is -2.48. The number of hydrogen-bond acceptors (Lipinski definition) is 4. The first-order valence-electron chi connectivity index (χ1n) is 9.18. The second-order valence-electron chi connectivity index (χ2n) is 8.38. The fraction of sp³-hybridized carbons (Fsp3) is 0.684. The molecule has 5 heteroatoms. The van der Waals surface area contributed by atoms with Crippen molar-refractivity contribution in [1.29, 1.82) is 0 Å². The van der Waals surface area contributed by atoms with Crippen LogP contribution in [0.25, 0.3) is 0 Å². The van der Waals surface area contributed by atoms with Crippen LogP contribution in [0.5, 0.6) is 0 Å². The summed E-state index contributed by atoms with van der Waals surface area (Å²) in [6, 6.07) is 8.73. The molecule has 0 spiro atoms. The Morgan fingerprint density at radius 2 is 1.58 bits per heavy atom. The molecule has 4 aliphatic carbocycles. The molecule has 1 heterocycles. The second-order valence-corrected chi connectivity index (χ2v) is 10.8. The van der Waals surface area contributed by atoms with E-state index < -0.39 is 13.4 Å². The van der Waals surface area contributed by atoms with Crippen molar-refractivity contribution in [2.24, 2.45) is 23.2 Å². The van der Waals surface area contributed by atoms with Crippen molar-refractivity contribution in [3.8, 4) is 0 Å². The van der Waals surface area contributed by atoms with Gasteiger partial charge in [0.1, 0.15) is 0 Å². The molecule has 1 saturated heterocycles. The largest absolute Gasteiger partial charge is 0.321 e. The highest BCUT2D eigenvalue weighted by Crippen LogP contribution is 2.62. The molecule has 5 aliphatic rings. The summed E-state index contributed by atoms with van der Waals surface area (Å²) in [5, 5.41) is 0.708. The van der Waals surface area contributed by atoms with Gasteiger partial charge in [-0.15, -0.1) is 0 Å². The normalized spacial score (nSPS) is 40.2. The van der Waals surface area contributed by atoms with Crippen LogP contribution in [0.1, 0.15) is 38.5 Å². The molecule has 6 rings (SSSR count). The summed E-state index contributed by atoms with van der Waals surface area (Å²) in [5.74, 6) is 2.60. The van der Waals surface area contributed by atoms with Crippen molar-refractivity contribution in [3.05, 3.63) is 30.3 Å². The molecule has 0 amide bonds. The Bertz CT molecular complexity index is 619. The van der Waals surface area contributed by atoms with Crippen LogP contribution in [-0.2, 0) is 18.6 Å². The standard InChI is InChI=1S/C19H25O4P/c20-24(18-21-13-22-18,17-4-2-1-3-5-17)23-12-19-9-14-6-15(10-19)8-16(7-14)11-19/h1-5,14-16,18H,6-13H2. The first kappa shape index (κ1) is 15.6. The quantitative estimate of drug-likeness (QED) is 0.751. The summed E-state index contributed by atoms with van der Waals surface area (Å²) >= 11 is 0. The summed E-state index contributed by atoms with van der Waals surface area (Å²) in [4.78, 5) is 0. The van der Waals surface area contributed by atoms with E-state index in [1.54, 1.807) is 0 Å². The predicted octanol–water partition coefficient (Wildman–Crippen LogP) is 4.11. The Morgan fingerprint density at radius 3 is 2.08 bits per heavy atom. The molecule has 130 valence electrons. The van der Waals surface area contributed by atoms with Crippen LogP contribution in [0.2, 0.25) is 0 Å². The van der Waals surface area contributed by atoms with Gasteiger partial charge in [-0.05, 0) is 73.8 Å². The molecule has 0 N–H and O–H groups in total. The third-order valence-electron chi connectivity index (χ3n) is 6.54. The minimum Gasteiger partial charge on any atom is -0.321 e.